The summed E-state index contributed by atoms with van der Waals surface area (Å²) in [5, 5.41) is 6.06. The fourth-order valence-electron chi connectivity index (χ4n) is 2.65. The van der Waals surface area contributed by atoms with Gasteiger partial charge in [-0.15, -0.1) is 0 Å². The number of carbonyl (C=O) groups excluding carboxylic acids is 1. The summed E-state index contributed by atoms with van der Waals surface area (Å²) in [6, 6.07) is 12.9. The lowest BCUT2D eigenvalue weighted by atomic mass is 10.1. The van der Waals surface area contributed by atoms with Gasteiger partial charge in [-0.1, -0.05) is 6.07 Å². The third-order valence-corrected chi connectivity index (χ3v) is 4.12. The minimum Gasteiger partial charge on any atom is -0.493 e. The molecule has 3 aromatic rings. The van der Waals surface area contributed by atoms with Gasteiger partial charge in [0.25, 0.3) is 5.91 Å². The molecule has 0 aliphatic carbocycles. The average Bonchev–Trinajstić information content (AvgIpc) is 2.75. The van der Waals surface area contributed by atoms with E-state index in [2.05, 4.69) is 20.6 Å². The summed E-state index contributed by atoms with van der Waals surface area (Å²) in [6.07, 6.45) is 5.64. The zero-order chi connectivity index (χ0) is 19.8. The summed E-state index contributed by atoms with van der Waals surface area (Å²) in [4.78, 5) is 20.3. The van der Waals surface area contributed by atoms with Gasteiger partial charge in [-0.3, -0.25) is 9.78 Å². The number of amides is 1. The Balaban J connectivity index is 1.51. The Labute approximate surface area is 163 Å². The Morgan fingerprint density at radius 2 is 1.89 bits per heavy atom. The maximum absolute atomic E-state index is 12.1. The van der Waals surface area contributed by atoms with E-state index >= 15 is 0 Å². The molecular formula is C21H22N4O3. The predicted molar refractivity (Wildman–Crippen MR) is 108 cm³/mol. The second kappa shape index (κ2) is 9.36. The van der Waals surface area contributed by atoms with Crippen LogP contribution >= 0.6 is 0 Å². The Morgan fingerprint density at radius 3 is 2.57 bits per heavy atom. The van der Waals surface area contributed by atoms with E-state index in [1.807, 2.05) is 24.3 Å². The number of aromatic nitrogens is 2. The maximum atomic E-state index is 12.1. The zero-order valence-corrected chi connectivity index (χ0v) is 15.8. The normalized spacial score (nSPS) is 10.2. The number of pyridine rings is 2. The SMILES string of the molecule is COc1ccc(CCNc2ccc(NC(=O)c3cccnc3)nc2)cc1OC. The van der Waals surface area contributed by atoms with Crippen LogP contribution in [0.4, 0.5) is 11.5 Å². The van der Waals surface area contributed by atoms with Crippen molar-refractivity contribution in [3.05, 3.63) is 72.2 Å². The largest absolute Gasteiger partial charge is 0.493 e. The summed E-state index contributed by atoms with van der Waals surface area (Å²) in [7, 11) is 3.25. The lowest BCUT2D eigenvalue weighted by Crippen LogP contribution is -2.13. The Kier molecular flexibility index (Phi) is 6.41. The van der Waals surface area contributed by atoms with Crippen molar-refractivity contribution in [1.82, 2.24) is 9.97 Å². The highest BCUT2D eigenvalue weighted by Crippen LogP contribution is 2.27. The standard InChI is InChI=1S/C21H22N4O3/c1-27-18-7-5-15(12-19(18)28-2)9-11-23-17-6-8-20(24-14-17)25-21(26)16-4-3-10-22-13-16/h3-8,10,12-14,23H,9,11H2,1-2H3,(H,24,25,26). The van der Waals surface area contributed by atoms with Gasteiger partial charge in [0, 0.05) is 18.9 Å². The third-order valence-electron chi connectivity index (χ3n) is 4.12. The topological polar surface area (TPSA) is 85.4 Å². The van der Waals surface area contributed by atoms with Crippen molar-refractivity contribution in [3.8, 4) is 11.5 Å². The van der Waals surface area contributed by atoms with Gasteiger partial charge >= 0.3 is 0 Å². The van der Waals surface area contributed by atoms with Crippen LogP contribution in [0.25, 0.3) is 0 Å². The van der Waals surface area contributed by atoms with Gasteiger partial charge in [-0.05, 0) is 48.4 Å². The molecule has 0 atom stereocenters. The van der Waals surface area contributed by atoms with Gasteiger partial charge in [0.15, 0.2) is 11.5 Å². The lowest BCUT2D eigenvalue weighted by molar-refractivity contribution is 0.102. The molecule has 7 nitrogen and oxygen atoms in total. The van der Waals surface area contributed by atoms with Gasteiger partial charge in [0.1, 0.15) is 5.82 Å². The van der Waals surface area contributed by atoms with E-state index in [4.69, 9.17) is 9.47 Å². The number of ether oxygens (including phenoxy) is 2. The van der Waals surface area contributed by atoms with E-state index in [0.717, 1.165) is 30.0 Å². The van der Waals surface area contributed by atoms with Gasteiger partial charge < -0.3 is 20.1 Å². The maximum Gasteiger partial charge on any atom is 0.258 e. The van der Waals surface area contributed by atoms with Crippen LogP contribution in [0.15, 0.2) is 61.1 Å². The van der Waals surface area contributed by atoms with Crippen LogP contribution < -0.4 is 20.1 Å². The molecule has 1 amide bonds. The van der Waals surface area contributed by atoms with Crippen LogP contribution in [0, 0.1) is 0 Å². The first kappa shape index (κ1) is 19.2. The molecule has 0 aliphatic heterocycles. The second-order valence-corrected chi connectivity index (χ2v) is 5.99. The van der Waals surface area contributed by atoms with Crippen LogP contribution in [0.3, 0.4) is 0 Å². The number of rotatable bonds is 8. The molecule has 28 heavy (non-hydrogen) atoms. The quantitative estimate of drug-likeness (QED) is 0.625. The summed E-state index contributed by atoms with van der Waals surface area (Å²) < 4.78 is 10.6. The van der Waals surface area contributed by atoms with E-state index in [9.17, 15) is 4.79 Å². The van der Waals surface area contributed by atoms with Crippen molar-refractivity contribution in [2.45, 2.75) is 6.42 Å². The molecule has 0 saturated carbocycles. The van der Waals surface area contributed by atoms with Gasteiger partial charge in [-0.25, -0.2) is 4.98 Å². The van der Waals surface area contributed by atoms with Crippen molar-refractivity contribution in [2.24, 2.45) is 0 Å². The molecule has 2 N–H and O–H groups in total. The van der Waals surface area contributed by atoms with Crippen molar-refractivity contribution >= 4 is 17.4 Å². The first-order chi connectivity index (χ1) is 13.7. The molecular weight excluding hydrogens is 356 g/mol. The number of methoxy groups -OCH3 is 2. The predicted octanol–water partition coefficient (Wildman–Crippen LogP) is 3.40. The molecule has 2 aromatic heterocycles. The lowest BCUT2D eigenvalue weighted by Gasteiger charge is -2.11. The number of anilines is 2. The molecule has 144 valence electrons. The molecule has 0 spiro atoms. The fraction of sp³-hybridized carbons (Fsp3) is 0.190. The van der Waals surface area contributed by atoms with E-state index in [1.54, 1.807) is 44.8 Å². The number of benzene rings is 1. The molecule has 1 aromatic carbocycles. The van der Waals surface area contributed by atoms with Crippen LogP contribution in [-0.4, -0.2) is 36.6 Å². The van der Waals surface area contributed by atoms with Crippen molar-refractivity contribution in [1.29, 1.82) is 0 Å². The number of carbonyl (C=O) groups is 1. The zero-order valence-electron chi connectivity index (χ0n) is 15.8. The monoisotopic (exact) mass is 378 g/mol. The minimum atomic E-state index is -0.241. The van der Waals surface area contributed by atoms with Gasteiger partial charge in [0.2, 0.25) is 0 Å². The van der Waals surface area contributed by atoms with E-state index < -0.39 is 0 Å². The minimum absolute atomic E-state index is 0.241. The second-order valence-electron chi connectivity index (χ2n) is 5.99. The van der Waals surface area contributed by atoms with Crippen molar-refractivity contribution < 1.29 is 14.3 Å². The average molecular weight is 378 g/mol. The summed E-state index contributed by atoms with van der Waals surface area (Å²) in [6.45, 7) is 0.735. The third kappa shape index (κ3) is 4.97. The Morgan fingerprint density at radius 1 is 1.04 bits per heavy atom. The van der Waals surface area contributed by atoms with Crippen molar-refractivity contribution in [3.63, 3.8) is 0 Å². The van der Waals surface area contributed by atoms with Gasteiger partial charge in [0.05, 0.1) is 31.7 Å². The molecule has 0 unspecified atom stereocenters. The highest BCUT2D eigenvalue weighted by molar-refractivity contribution is 6.03. The highest BCUT2D eigenvalue weighted by atomic mass is 16.5. The van der Waals surface area contributed by atoms with E-state index in [0.29, 0.717) is 17.1 Å². The Hall–Kier alpha value is -3.61. The van der Waals surface area contributed by atoms with Crippen LogP contribution in [0.2, 0.25) is 0 Å². The molecule has 3 rings (SSSR count). The summed E-state index contributed by atoms with van der Waals surface area (Å²) >= 11 is 0. The number of hydrogen-bond acceptors (Lipinski definition) is 6. The molecule has 7 heteroatoms. The smallest absolute Gasteiger partial charge is 0.258 e. The van der Waals surface area contributed by atoms with Gasteiger partial charge in [-0.2, -0.15) is 0 Å². The molecule has 0 aliphatic rings. The van der Waals surface area contributed by atoms with Crippen LogP contribution in [-0.2, 0) is 6.42 Å². The number of nitrogens with zero attached hydrogens (tertiary/aromatic N) is 2. The van der Waals surface area contributed by atoms with E-state index in [-0.39, 0.29) is 5.91 Å². The number of nitrogens with one attached hydrogen (secondary N) is 2. The Bertz CT molecular complexity index is 915. The molecule has 0 fully saturated rings. The molecule has 0 radical (unpaired) electrons. The molecule has 0 bridgehead atoms. The molecule has 2 heterocycles. The first-order valence-electron chi connectivity index (χ1n) is 8.82. The van der Waals surface area contributed by atoms with E-state index in [1.165, 1.54) is 6.20 Å². The summed E-state index contributed by atoms with van der Waals surface area (Å²) in [5.41, 5.74) is 2.50. The summed E-state index contributed by atoms with van der Waals surface area (Å²) in [5.74, 6) is 1.68. The molecule has 0 saturated heterocycles. The van der Waals surface area contributed by atoms with Crippen molar-refractivity contribution in [2.75, 3.05) is 31.4 Å². The van der Waals surface area contributed by atoms with Crippen LogP contribution in [0.5, 0.6) is 11.5 Å². The first-order valence-corrected chi connectivity index (χ1v) is 8.82. The highest BCUT2D eigenvalue weighted by Gasteiger charge is 2.07. The van der Waals surface area contributed by atoms with Crippen LogP contribution in [0.1, 0.15) is 15.9 Å². The fourth-order valence-corrected chi connectivity index (χ4v) is 2.65. The number of hydrogen-bond donors (Lipinski definition) is 2.